The fourth-order valence-corrected chi connectivity index (χ4v) is 2.66. The molecule has 2 unspecified atom stereocenters. The van der Waals surface area contributed by atoms with E-state index in [0.717, 1.165) is 13.0 Å². The number of halogens is 1. The van der Waals surface area contributed by atoms with E-state index >= 15 is 0 Å². The molecule has 4 heteroatoms. The van der Waals surface area contributed by atoms with E-state index in [1.807, 2.05) is 4.90 Å². The van der Waals surface area contributed by atoms with Gasteiger partial charge in [-0.1, -0.05) is 13.0 Å². The summed E-state index contributed by atoms with van der Waals surface area (Å²) in [7, 11) is 1.68. The molecule has 1 saturated heterocycles. The van der Waals surface area contributed by atoms with E-state index in [1.54, 1.807) is 19.2 Å². The summed E-state index contributed by atoms with van der Waals surface area (Å²) >= 11 is 0. The minimum atomic E-state index is -0.336. The number of carbonyl (C=O) groups excluding carboxylic acids is 1. The Labute approximate surface area is 113 Å². The number of Topliss-reactive ketones (excluding diaryl/α,β-unsaturated/α-hetero) is 1. The summed E-state index contributed by atoms with van der Waals surface area (Å²) in [4.78, 5) is 13.6. The fourth-order valence-electron chi connectivity index (χ4n) is 2.66. The molecule has 1 heterocycles. The Morgan fingerprint density at radius 1 is 1.47 bits per heavy atom. The summed E-state index contributed by atoms with van der Waals surface area (Å²) in [5, 5.41) is 0. The molecule has 0 aromatic heterocycles. The van der Waals surface area contributed by atoms with Gasteiger partial charge in [-0.3, -0.25) is 4.79 Å². The summed E-state index contributed by atoms with van der Waals surface area (Å²) in [5.74, 6) is 0.00740. The number of carbonyl (C=O) groups is 1. The number of benzene rings is 1. The molecule has 19 heavy (non-hydrogen) atoms. The van der Waals surface area contributed by atoms with Crippen LogP contribution in [0.1, 0.15) is 30.6 Å². The van der Waals surface area contributed by atoms with Gasteiger partial charge in [0, 0.05) is 25.8 Å². The van der Waals surface area contributed by atoms with Crippen molar-refractivity contribution in [2.24, 2.45) is 5.92 Å². The van der Waals surface area contributed by atoms with Crippen LogP contribution in [0.5, 0.6) is 0 Å². The Bertz CT molecular complexity index is 475. The first kappa shape index (κ1) is 14.0. The molecule has 0 amide bonds. The maximum Gasteiger partial charge on any atom is 0.161 e. The largest absolute Gasteiger partial charge is 0.379 e. The van der Waals surface area contributed by atoms with Crippen molar-refractivity contribution in [3.63, 3.8) is 0 Å². The van der Waals surface area contributed by atoms with Crippen LogP contribution < -0.4 is 4.90 Å². The van der Waals surface area contributed by atoms with Crippen LogP contribution in [0.4, 0.5) is 10.1 Å². The van der Waals surface area contributed by atoms with Crippen LogP contribution in [-0.4, -0.2) is 32.1 Å². The topological polar surface area (TPSA) is 29.5 Å². The molecule has 1 aliphatic heterocycles. The standard InChI is InChI=1S/C15H20FNO2/c1-10-7-8-17(9-14(10)19-3)15-12(11(2)18)5-4-6-13(15)16/h4-6,10,14H,7-9H2,1-3H3. The lowest BCUT2D eigenvalue weighted by Gasteiger charge is -2.38. The van der Waals surface area contributed by atoms with Gasteiger partial charge in [-0.25, -0.2) is 4.39 Å². The lowest BCUT2D eigenvalue weighted by Crippen LogP contribution is -2.44. The number of anilines is 1. The highest BCUT2D eigenvalue weighted by molar-refractivity contribution is 5.99. The molecule has 0 radical (unpaired) electrons. The summed E-state index contributed by atoms with van der Waals surface area (Å²) in [6, 6.07) is 4.66. The Balaban J connectivity index is 2.34. The lowest BCUT2D eigenvalue weighted by atomic mass is 9.94. The van der Waals surface area contributed by atoms with Crippen molar-refractivity contribution in [3.05, 3.63) is 29.6 Å². The number of para-hydroxylation sites is 1. The summed E-state index contributed by atoms with van der Waals surface area (Å²) in [5.41, 5.74) is 0.869. The third kappa shape index (κ3) is 2.78. The van der Waals surface area contributed by atoms with E-state index in [1.165, 1.54) is 13.0 Å². The van der Waals surface area contributed by atoms with Crippen LogP contribution >= 0.6 is 0 Å². The van der Waals surface area contributed by atoms with Crippen LogP contribution in [0.15, 0.2) is 18.2 Å². The van der Waals surface area contributed by atoms with E-state index < -0.39 is 0 Å². The van der Waals surface area contributed by atoms with Gasteiger partial charge in [-0.2, -0.15) is 0 Å². The van der Waals surface area contributed by atoms with Gasteiger partial charge in [0.15, 0.2) is 5.78 Å². The van der Waals surface area contributed by atoms with Crippen LogP contribution in [-0.2, 0) is 4.74 Å². The Morgan fingerprint density at radius 3 is 2.84 bits per heavy atom. The van der Waals surface area contributed by atoms with E-state index in [-0.39, 0.29) is 17.7 Å². The van der Waals surface area contributed by atoms with Crippen molar-refractivity contribution < 1.29 is 13.9 Å². The number of ether oxygens (including phenoxy) is 1. The Morgan fingerprint density at radius 2 is 2.21 bits per heavy atom. The van der Waals surface area contributed by atoms with Crippen molar-refractivity contribution >= 4 is 11.5 Å². The number of piperidine rings is 1. The molecule has 2 rings (SSSR count). The van der Waals surface area contributed by atoms with Gasteiger partial charge in [0.25, 0.3) is 0 Å². The molecule has 0 aliphatic carbocycles. The number of hydrogen-bond donors (Lipinski definition) is 0. The van der Waals surface area contributed by atoms with Gasteiger partial charge in [0.2, 0.25) is 0 Å². The van der Waals surface area contributed by atoms with Crippen molar-refractivity contribution in [2.45, 2.75) is 26.4 Å². The van der Waals surface area contributed by atoms with Crippen molar-refractivity contribution in [1.29, 1.82) is 0 Å². The molecule has 0 spiro atoms. The van der Waals surface area contributed by atoms with Crippen LogP contribution in [0, 0.1) is 11.7 Å². The SMILES string of the molecule is COC1CN(c2c(F)cccc2C(C)=O)CCC1C. The minimum Gasteiger partial charge on any atom is -0.379 e. The zero-order chi connectivity index (χ0) is 14.0. The number of ketones is 1. The van der Waals surface area contributed by atoms with E-state index in [2.05, 4.69) is 6.92 Å². The molecule has 1 fully saturated rings. The van der Waals surface area contributed by atoms with Gasteiger partial charge in [-0.15, -0.1) is 0 Å². The Hall–Kier alpha value is -1.42. The monoisotopic (exact) mass is 265 g/mol. The highest BCUT2D eigenvalue weighted by Crippen LogP contribution is 2.30. The van der Waals surface area contributed by atoms with Crippen LogP contribution in [0.25, 0.3) is 0 Å². The van der Waals surface area contributed by atoms with Crippen molar-refractivity contribution in [3.8, 4) is 0 Å². The van der Waals surface area contributed by atoms with Crippen molar-refractivity contribution in [1.82, 2.24) is 0 Å². The minimum absolute atomic E-state index is 0.0770. The predicted octanol–water partition coefficient (Wildman–Crippen LogP) is 2.89. The molecule has 3 nitrogen and oxygen atoms in total. The lowest BCUT2D eigenvalue weighted by molar-refractivity contribution is 0.0496. The van der Waals surface area contributed by atoms with Crippen LogP contribution in [0.3, 0.4) is 0 Å². The molecule has 1 aromatic carbocycles. The molecular weight excluding hydrogens is 245 g/mol. The van der Waals surface area contributed by atoms with Gasteiger partial charge in [0.05, 0.1) is 11.8 Å². The first-order chi connectivity index (χ1) is 9.04. The number of nitrogens with zero attached hydrogens (tertiary/aromatic N) is 1. The molecular formula is C15H20FNO2. The smallest absolute Gasteiger partial charge is 0.161 e. The summed E-state index contributed by atoms with van der Waals surface area (Å²) < 4.78 is 19.5. The molecule has 0 saturated carbocycles. The molecule has 1 aliphatic rings. The van der Waals surface area contributed by atoms with E-state index in [0.29, 0.717) is 23.7 Å². The predicted molar refractivity (Wildman–Crippen MR) is 73.2 cm³/mol. The molecule has 2 atom stereocenters. The second-order valence-corrected chi connectivity index (χ2v) is 5.18. The molecule has 0 N–H and O–H groups in total. The average molecular weight is 265 g/mol. The van der Waals surface area contributed by atoms with Crippen LogP contribution in [0.2, 0.25) is 0 Å². The molecule has 0 bridgehead atoms. The maximum absolute atomic E-state index is 14.1. The summed E-state index contributed by atoms with van der Waals surface area (Å²) in [6.07, 6.45) is 1.01. The zero-order valence-corrected chi connectivity index (χ0v) is 11.6. The van der Waals surface area contributed by atoms with Crippen molar-refractivity contribution in [2.75, 3.05) is 25.1 Å². The quantitative estimate of drug-likeness (QED) is 0.787. The average Bonchev–Trinajstić information content (AvgIpc) is 2.39. The molecule has 104 valence electrons. The number of rotatable bonds is 3. The maximum atomic E-state index is 14.1. The van der Waals surface area contributed by atoms with Gasteiger partial charge < -0.3 is 9.64 Å². The first-order valence-electron chi connectivity index (χ1n) is 6.61. The number of hydrogen-bond acceptors (Lipinski definition) is 3. The fraction of sp³-hybridized carbons (Fsp3) is 0.533. The van der Waals surface area contributed by atoms with E-state index in [9.17, 15) is 9.18 Å². The van der Waals surface area contributed by atoms with Gasteiger partial charge in [-0.05, 0) is 31.4 Å². The molecule has 1 aromatic rings. The highest BCUT2D eigenvalue weighted by atomic mass is 19.1. The highest BCUT2D eigenvalue weighted by Gasteiger charge is 2.29. The third-order valence-electron chi connectivity index (χ3n) is 3.87. The second-order valence-electron chi connectivity index (χ2n) is 5.18. The zero-order valence-electron chi connectivity index (χ0n) is 11.6. The Kier molecular flexibility index (Phi) is 4.20. The summed E-state index contributed by atoms with van der Waals surface area (Å²) in [6.45, 7) is 4.98. The van der Waals surface area contributed by atoms with E-state index in [4.69, 9.17) is 4.74 Å². The normalized spacial score (nSPS) is 23.5. The first-order valence-corrected chi connectivity index (χ1v) is 6.61. The van der Waals surface area contributed by atoms with Gasteiger partial charge >= 0.3 is 0 Å². The second kappa shape index (κ2) is 5.70. The number of methoxy groups -OCH3 is 1. The third-order valence-corrected chi connectivity index (χ3v) is 3.87. The van der Waals surface area contributed by atoms with Gasteiger partial charge in [0.1, 0.15) is 5.82 Å².